The highest BCUT2D eigenvalue weighted by molar-refractivity contribution is 9.10. The first-order valence-electron chi connectivity index (χ1n) is 12.4. The highest BCUT2D eigenvalue weighted by atomic mass is 79.9. The summed E-state index contributed by atoms with van der Waals surface area (Å²) in [5, 5.41) is 12.1. The van der Waals surface area contributed by atoms with Gasteiger partial charge in [0.1, 0.15) is 23.0 Å². The maximum atomic E-state index is 12.8. The molecule has 0 fully saturated rings. The molecule has 1 N–H and O–H groups in total. The van der Waals surface area contributed by atoms with Gasteiger partial charge in [0, 0.05) is 21.2 Å². The number of hydrogen-bond acceptors (Lipinski definition) is 7. The molecule has 3 aromatic carbocycles. The van der Waals surface area contributed by atoms with Gasteiger partial charge in [-0.2, -0.15) is 0 Å². The zero-order chi connectivity index (χ0) is 29.5. The number of amides is 1. The van der Waals surface area contributed by atoms with E-state index in [0.29, 0.717) is 48.7 Å². The van der Waals surface area contributed by atoms with Crippen LogP contribution in [0.2, 0.25) is 10.0 Å². The van der Waals surface area contributed by atoms with Crippen molar-refractivity contribution in [2.75, 3.05) is 13.2 Å². The molecule has 0 aromatic heterocycles. The number of hydrogen-bond donors (Lipinski definition) is 1. The summed E-state index contributed by atoms with van der Waals surface area (Å²) in [7, 11) is 0. The Labute approximate surface area is 259 Å². The molecule has 0 bridgehead atoms. The number of carbonyl (C=O) groups excluding carboxylic acids is 2. The summed E-state index contributed by atoms with van der Waals surface area (Å²) >= 11 is 16.8. The second-order valence-corrected chi connectivity index (χ2v) is 11.2. The van der Waals surface area contributed by atoms with Crippen LogP contribution in [0.4, 0.5) is 0 Å². The van der Waals surface area contributed by atoms with Crippen molar-refractivity contribution in [2.24, 2.45) is 4.99 Å². The summed E-state index contributed by atoms with van der Waals surface area (Å²) in [4.78, 5) is 29.9. The Bertz CT molecular complexity index is 1570. The van der Waals surface area contributed by atoms with Crippen LogP contribution >= 0.6 is 50.9 Å². The van der Waals surface area contributed by atoms with Crippen LogP contribution in [0.5, 0.6) is 11.5 Å². The Morgan fingerprint density at radius 2 is 1.78 bits per heavy atom. The van der Waals surface area contributed by atoms with Crippen LogP contribution in [-0.4, -0.2) is 35.2 Å². The number of aliphatic imine (C=N–C) groups is 1. The van der Waals surface area contributed by atoms with Crippen molar-refractivity contribution in [3.63, 3.8) is 0 Å². The molecule has 0 spiro atoms. The molecule has 1 amide bonds. The molecular formula is C30H24BrCl2NO6S. The normalized spacial score (nSPS) is 15.0. The highest BCUT2D eigenvalue weighted by Gasteiger charge is 2.34. The first-order chi connectivity index (χ1) is 19.7. The lowest BCUT2D eigenvalue weighted by molar-refractivity contribution is -0.138. The minimum atomic E-state index is -0.777. The van der Waals surface area contributed by atoms with Gasteiger partial charge in [-0.3, -0.25) is 4.79 Å². The summed E-state index contributed by atoms with van der Waals surface area (Å²) in [6, 6.07) is 17.1. The second-order valence-electron chi connectivity index (χ2n) is 8.43. The van der Waals surface area contributed by atoms with Crippen molar-refractivity contribution < 1.29 is 28.9 Å². The SMILES string of the molecule is CCOC(=O)C1=C(O)/C(=C/c2cc(Br)c(OCc3ccc(Cl)cc3Cl)c(OCC)c2)SC1=NC(=O)c1ccccc1. The van der Waals surface area contributed by atoms with E-state index in [0.717, 1.165) is 17.3 Å². The van der Waals surface area contributed by atoms with Gasteiger partial charge in [-0.1, -0.05) is 59.2 Å². The molecule has 0 saturated carbocycles. The number of aliphatic hydroxyl groups is 1. The molecule has 0 radical (unpaired) electrons. The molecule has 4 rings (SSSR count). The van der Waals surface area contributed by atoms with Gasteiger partial charge in [-0.05, 0) is 77.8 Å². The lowest BCUT2D eigenvalue weighted by Crippen LogP contribution is -2.14. The number of halogens is 3. The van der Waals surface area contributed by atoms with E-state index in [1.165, 1.54) is 0 Å². The van der Waals surface area contributed by atoms with Gasteiger partial charge >= 0.3 is 5.97 Å². The maximum Gasteiger partial charge on any atom is 0.344 e. The van der Waals surface area contributed by atoms with Crippen molar-refractivity contribution >= 4 is 73.9 Å². The molecular weight excluding hydrogens is 653 g/mol. The predicted octanol–water partition coefficient (Wildman–Crippen LogP) is 8.44. The van der Waals surface area contributed by atoms with Crippen LogP contribution in [0.25, 0.3) is 6.08 Å². The Morgan fingerprint density at radius 1 is 1.02 bits per heavy atom. The van der Waals surface area contributed by atoms with Crippen LogP contribution in [0.1, 0.15) is 35.3 Å². The van der Waals surface area contributed by atoms with Gasteiger partial charge in [-0.15, -0.1) is 0 Å². The quantitative estimate of drug-likeness (QED) is 0.227. The van der Waals surface area contributed by atoms with Gasteiger partial charge in [0.2, 0.25) is 0 Å². The molecule has 0 aliphatic carbocycles. The average molecular weight is 677 g/mol. The van der Waals surface area contributed by atoms with Crippen molar-refractivity contribution in [3.8, 4) is 11.5 Å². The number of aliphatic hydroxyl groups excluding tert-OH is 1. The fourth-order valence-corrected chi connectivity index (χ4v) is 5.79. The van der Waals surface area contributed by atoms with Crippen molar-refractivity contribution in [1.29, 1.82) is 0 Å². The van der Waals surface area contributed by atoms with Gasteiger partial charge in [0.05, 0.1) is 22.6 Å². The lowest BCUT2D eigenvalue weighted by Gasteiger charge is -2.15. The van der Waals surface area contributed by atoms with E-state index in [2.05, 4.69) is 20.9 Å². The molecule has 11 heteroatoms. The Morgan fingerprint density at radius 3 is 2.46 bits per heavy atom. The molecule has 41 heavy (non-hydrogen) atoms. The minimum absolute atomic E-state index is 0.0462. The lowest BCUT2D eigenvalue weighted by atomic mass is 10.1. The molecule has 0 unspecified atom stereocenters. The van der Waals surface area contributed by atoms with Crippen LogP contribution in [0.3, 0.4) is 0 Å². The molecule has 1 aliphatic rings. The zero-order valence-electron chi connectivity index (χ0n) is 21.9. The standard InChI is InChI=1S/C30H24BrCl2NO6S/c1-3-38-23-13-17(12-21(31)27(23)40-16-19-10-11-20(32)15-22(19)33)14-24-26(35)25(30(37)39-4-2)29(41-24)34-28(36)18-8-6-5-7-9-18/h5-15,35H,3-4,16H2,1-2H3/b24-14-,34-29?. The summed E-state index contributed by atoms with van der Waals surface area (Å²) < 4.78 is 17.6. The van der Waals surface area contributed by atoms with Crippen molar-refractivity contribution in [1.82, 2.24) is 0 Å². The largest absolute Gasteiger partial charge is 0.506 e. The molecule has 0 atom stereocenters. The number of ether oxygens (including phenoxy) is 3. The fraction of sp³-hybridized carbons (Fsp3) is 0.167. The van der Waals surface area contributed by atoms with Crippen LogP contribution in [0.15, 0.2) is 86.4 Å². The van der Waals surface area contributed by atoms with Gasteiger partial charge in [-0.25, -0.2) is 9.79 Å². The predicted molar refractivity (Wildman–Crippen MR) is 166 cm³/mol. The number of esters is 1. The smallest absolute Gasteiger partial charge is 0.344 e. The first kappa shape index (κ1) is 30.7. The van der Waals surface area contributed by atoms with Crippen molar-refractivity contribution in [2.45, 2.75) is 20.5 Å². The maximum absolute atomic E-state index is 12.8. The van der Waals surface area contributed by atoms with Crippen LogP contribution in [-0.2, 0) is 16.1 Å². The van der Waals surface area contributed by atoms with E-state index in [4.69, 9.17) is 37.4 Å². The third-order valence-corrected chi connectivity index (χ3v) is 7.81. The van der Waals surface area contributed by atoms with Gasteiger partial charge in [0.15, 0.2) is 11.5 Å². The van der Waals surface area contributed by atoms with E-state index in [9.17, 15) is 14.7 Å². The van der Waals surface area contributed by atoms with E-state index < -0.39 is 11.9 Å². The highest BCUT2D eigenvalue weighted by Crippen LogP contribution is 2.42. The third-order valence-electron chi connectivity index (χ3n) is 5.61. The minimum Gasteiger partial charge on any atom is -0.506 e. The number of thioether (sulfide) groups is 1. The third kappa shape index (κ3) is 7.54. The average Bonchev–Trinajstić information content (AvgIpc) is 3.23. The van der Waals surface area contributed by atoms with Crippen molar-refractivity contribution in [3.05, 3.63) is 108 Å². The number of nitrogens with zero attached hydrogens (tertiary/aromatic N) is 1. The zero-order valence-corrected chi connectivity index (χ0v) is 25.9. The topological polar surface area (TPSA) is 94.4 Å². The van der Waals surface area contributed by atoms with Crippen LogP contribution < -0.4 is 9.47 Å². The Balaban J connectivity index is 1.67. The Hall–Kier alpha value is -3.24. The van der Waals surface area contributed by atoms with Gasteiger partial charge in [0.25, 0.3) is 5.91 Å². The van der Waals surface area contributed by atoms with Crippen LogP contribution in [0, 0.1) is 0 Å². The summed E-state index contributed by atoms with van der Waals surface area (Å²) in [6.45, 7) is 4.13. The summed E-state index contributed by atoms with van der Waals surface area (Å²) in [6.07, 6.45) is 1.65. The second kappa shape index (κ2) is 14.1. The van der Waals surface area contributed by atoms with E-state index in [1.807, 2.05) is 6.92 Å². The monoisotopic (exact) mass is 675 g/mol. The number of benzene rings is 3. The van der Waals surface area contributed by atoms with Gasteiger partial charge < -0.3 is 19.3 Å². The molecule has 212 valence electrons. The fourth-order valence-electron chi connectivity index (χ4n) is 3.74. The molecule has 1 aliphatic heterocycles. The van der Waals surface area contributed by atoms with E-state index in [-0.39, 0.29) is 29.6 Å². The summed E-state index contributed by atoms with van der Waals surface area (Å²) in [5.74, 6) is -0.750. The first-order valence-corrected chi connectivity index (χ1v) is 14.8. The van der Waals surface area contributed by atoms with E-state index in [1.54, 1.807) is 73.7 Å². The molecule has 0 saturated heterocycles. The molecule has 7 nitrogen and oxygen atoms in total. The van der Waals surface area contributed by atoms with E-state index >= 15 is 0 Å². The molecule has 1 heterocycles. The Kier molecular flexibility index (Phi) is 10.6. The molecule has 3 aromatic rings. The summed E-state index contributed by atoms with van der Waals surface area (Å²) in [5.41, 5.74) is 1.56. The number of carbonyl (C=O) groups is 2. The number of rotatable bonds is 9.